The molecule has 0 fully saturated rings. The fourth-order valence-corrected chi connectivity index (χ4v) is 8.61. The van der Waals surface area contributed by atoms with Crippen LogP contribution in [-0.4, -0.2) is 34.1 Å². The van der Waals surface area contributed by atoms with Gasteiger partial charge in [-0.2, -0.15) is 9.97 Å². The van der Waals surface area contributed by atoms with Crippen molar-refractivity contribution in [2.45, 2.75) is 0 Å². The van der Waals surface area contributed by atoms with E-state index in [-0.39, 0.29) is 0 Å². The highest BCUT2D eigenvalue weighted by Crippen LogP contribution is 2.38. The monoisotopic (exact) mass is 767 g/mol. The zero-order valence-electron chi connectivity index (χ0n) is 32.2. The van der Waals surface area contributed by atoms with E-state index in [4.69, 9.17) is 24.9 Å². The zero-order valence-corrected chi connectivity index (χ0v) is 32.2. The molecular weight excluding hydrogens is 735 g/mol. The standard InChI is InChI=1S/C53H33N7/c1-4-16-34(17-5-1)49-43-24-10-13-25-44(43)54-52(55-49)59-45-26-14-11-22-39(45)41-30-28-37(32-47(41)59)38-29-31-42-40-23-12-15-27-46(40)60(48(42)33-38)53-57-50(35-18-6-2-7-19-35)56-51(58-53)36-20-8-3-9-21-36/h1-33H. The van der Waals surface area contributed by atoms with Crippen molar-refractivity contribution in [2.24, 2.45) is 0 Å². The van der Waals surface area contributed by atoms with Crippen LogP contribution in [0.4, 0.5) is 0 Å². The van der Waals surface area contributed by atoms with E-state index in [1.165, 1.54) is 0 Å². The summed E-state index contributed by atoms with van der Waals surface area (Å²) in [5.41, 5.74) is 10.9. The topological polar surface area (TPSA) is 74.3 Å². The summed E-state index contributed by atoms with van der Waals surface area (Å²) in [6.45, 7) is 0. The van der Waals surface area contributed by atoms with Gasteiger partial charge in [0.1, 0.15) is 0 Å². The van der Waals surface area contributed by atoms with Crippen LogP contribution in [0.2, 0.25) is 0 Å². The Morgan fingerprint density at radius 1 is 0.267 bits per heavy atom. The van der Waals surface area contributed by atoms with Crippen LogP contribution in [-0.2, 0) is 0 Å². The summed E-state index contributed by atoms with van der Waals surface area (Å²) in [6.07, 6.45) is 0. The van der Waals surface area contributed by atoms with E-state index < -0.39 is 0 Å². The van der Waals surface area contributed by atoms with E-state index in [2.05, 4.69) is 130 Å². The van der Waals surface area contributed by atoms with Crippen molar-refractivity contribution < 1.29 is 0 Å². The van der Waals surface area contributed by atoms with E-state index in [0.717, 1.165) is 88.0 Å². The molecule has 0 spiro atoms. The normalized spacial score (nSPS) is 11.7. The van der Waals surface area contributed by atoms with Crippen LogP contribution >= 0.6 is 0 Å². The van der Waals surface area contributed by atoms with Crippen molar-refractivity contribution in [2.75, 3.05) is 0 Å². The lowest BCUT2D eigenvalue weighted by Crippen LogP contribution is -2.06. The summed E-state index contributed by atoms with van der Waals surface area (Å²) >= 11 is 0. The second kappa shape index (κ2) is 13.7. The van der Waals surface area contributed by atoms with Crippen molar-refractivity contribution in [1.82, 2.24) is 34.1 Å². The minimum atomic E-state index is 0.560. The Kier molecular flexibility index (Phi) is 7.71. The highest BCUT2D eigenvalue weighted by atomic mass is 15.2. The first-order valence-corrected chi connectivity index (χ1v) is 20.0. The third-order valence-electron chi connectivity index (χ3n) is 11.4. The summed E-state index contributed by atoms with van der Waals surface area (Å²) < 4.78 is 4.39. The zero-order chi connectivity index (χ0) is 39.6. The molecule has 280 valence electrons. The Bertz CT molecular complexity index is 3540. The Labute approximate surface area is 344 Å². The first-order valence-electron chi connectivity index (χ1n) is 20.0. The SMILES string of the molecule is c1ccc(-c2nc(-c3ccccc3)nc(-n3c4ccccc4c4ccc(-c5ccc6c7ccccc7n(-c7nc(-c8ccccc8)c8ccccc8n7)c6c5)cc43)n2)cc1. The van der Waals surface area contributed by atoms with Gasteiger partial charge in [0.25, 0.3) is 0 Å². The summed E-state index contributed by atoms with van der Waals surface area (Å²) in [4.78, 5) is 25.8. The number of para-hydroxylation sites is 3. The molecule has 0 amide bonds. The maximum atomic E-state index is 5.31. The van der Waals surface area contributed by atoms with E-state index in [1.54, 1.807) is 0 Å². The molecule has 0 N–H and O–H groups in total. The molecule has 12 aromatic rings. The average Bonchev–Trinajstić information content (AvgIpc) is 3.84. The van der Waals surface area contributed by atoms with Crippen LogP contribution in [0.5, 0.6) is 0 Å². The molecule has 0 saturated heterocycles. The largest absolute Gasteiger partial charge is 0.278 e. The number of fused-ring (bicyclic) bond motifs is 7. The molecule has 4 heterocycles. The molecule has 0 atom stereocenters. The van der Waals surface area contributed by atoms with Gasteiger partial charge >= 0.3 is 0 Å². The lowest BCUT2D eigenvalue weighted by Gasteiger charge is -2.12. The van der Waals surface area contributed by atoms with E-state index in [9.17, 15) is 0 Å². The molecule has 0 aliphatic carbocycles. The Balaban J connectivity index is 1.08. The Morgan fingerprint density at radius 2 is 0.683 bits per heavy atom. The summed E-state index contributed by atoms with van der Waals surface area (Å²) in [6, 6.07) is 69.2. The Morgan fingerprint density at radius 3 is 1.22 bits per heavy atom. The second-order valence-corrected chi connectivity index (χ2v) is 14.9. The summed E-state index contributed by atoms with van der Waals surface area (Å²) in [5.74, 6) is 2.42. The van der Waals surface area contributed by atoms with Gasteiger partial charge in [0.15, 0.2) is 11.6 Å². The molecular formula is C53H33N7. The minimum absolute atomic E-state index is 0.560. The predicted octanol–water partition coefficient (Wildman–Crippen LogP) is 12.7. The van der Waals surface area contributed by atoms with Crippen molar-refractivity contribution in [3.63, 3.8) is 0 Å². The number of aromatic nitrogens is 7. The number of rotatable bonds is 6. The van der Waals surface area contributed by atoms with E-state index in [0.29, 0.717) is 23.5 Å². The maximum Gasteiger partial charge on any atom is 0.238 e. The first kappa shape index (κ1) is 33.8. The maximum absolute atomic E-state index is 5.31. The molecule has 0 aliphatic heterocycles. The van der Waals surface area contributed by atoms with Crippen LogP contribution in [0.1, 0.15) is 0 Å². The van der Waals surface area contributed by atoms with Crippen molar-refractivity contribution in [3.8, 4) is 57.1 Å². The quantitative estimate of drug-likeness (QED) is 0.168. The van der Waals surface area contributed by atoms with Crippen LogP contribution in [0.15, 0.2) is 200 Å². The minimum Gasteiger partial charge on any atom is -0.278 e. The highest BCUT2D eigenvalue weighted by molar-refractivity contribution is 6.12. The molecule has 60 heavy (non-hydrogen) atoms. The molecule has 7 nitrogen and oxygen atoms in total. The number of nitrogens with zero attached hydrogens (tertiary/aromatic N) is 7. The molecule has 8 aromatic carbocycles. The highest BCUT2D eigenvalue weighted by Gasteiger charge is 2.21. The summed E-state index contributed by atoms with van der Waals surface area (Å²) in [5, 5.41) is 5.54. The van der Waals surface area contributed by atoms with Gasteiger partial charge in [-0.15, -0.1) is 0 Å². The predicted molar refractivity (Wildman–Crippen MR) is 243 cm³/mol. The molecule has 0 unspecified atom stereocenters. The molecule has 0 saturated carbocycles. The van der Waals surface area contributed by atoms with Gasteiger partial charge in [-0.3, -0.25) is 9.13 Å². The lowest BCUT2D eigenvalue weighted by atomic mass is 10.0. The van der Waals surface area contributed by atoms with Gasteiger partial charge in [0.2, 0.25) is 11.9 Å². The molecule has 12 rings (SSSR count). The third kappa shape index (κ3) is 5.48. The average molecular weight is 768 g/mol. The van der Waals surface area contributed by atoms with Gasteiger partial charge in [0.05, 0.1) is 33.3 Å². The van der Waals surface area contributed by atoms with Crippen LogP contribution < -0.4 is 0 Å². The van der Waals surface area contributed by atoms with E-state index in [1.807, 2.05) is 78.9 Å². The molecule has 0 aliphatic rings. The van der Waals surface area contributed by atoms with E-state index >= 15 is 0 Å². The first-order chi connectivity index (χ1) is 29.7. The number of hydrogen-bond donors (Lipinski definition) is 0. The molecule has 7 heteroatoms. The van der Waals surface area contributed by atoms with Gasteiger partial charge in [-0.25, -0.2) is 15.0 Å². The molecule has 4 aromatic heterocycles. The summed E-state index contributed by atoms with van der Waals surface area (Å²) in [7, 11) is 0. The van der Waals surface area contributed by atoms with Crippen LogP contribution in [0, 0.1) is 0 Å². The Hall–Kier alpha value is -8.29. The third-order valence-corrected chi connectivity index (χ3v) is 11.4. The van der Waals surface area contributed by atoms with Crippen LogP contribution in [0.3, 0.4) is 0 Å². The van der Waals surface area contributed by atoms with Crippen molar-refractivity contribution in [1.29, 1.82) is 0 Å². The molecule has 0 bridgehead atoms. The van der Waals surface area contributed by atoms with Gasteiger partial charge < -0.3 is 0 Å². The van der Waals surface area contributed by atoms with Crippen molar-refractivity contribution in [3.05, 3.63) is 200 Å². The van der Waals surface area contributed by atoms with Gasteiger partial charge in [0, 0.05) is 43.6 Å². The number of benzene rings is 8. The van der Waals surface area contributed by atoms with Crippen molar-refractivity contribution >= 4 is 54.5 Å². The molecule has 0 radical (unpaired) electrons. The fraction of sp³-hybridized carbons (Fsp3) is 0. The smallest absolute Gasteiger partial charge is 0.238 e. The lowest BCUT2D eigenvalue weighted by molar-refractivity contribution is 0.953. The number of hydrogen-bond acceptors (Lipinski definition) is 5. The fourth-order valence-electron chi connectivity index (χ4n) is 8.61. The van der Waals surface area contributed by atoms with Crippen LogP contribution in [0.25, 0.3) is 112 Å². The second-order valence-electron chi connectivity index (χ2n) is 14.9. The van der Waals surface area contributed by atoms with Gasteiger partial charge in [-0.1, -0.05) is 170 Å². The van der Waals surface area contributed by atoms with Gasteiger partial charge in [-0.05, 0) is 41.5 Å².